The van der Waals surface area contributed by atoms with Crippen molar-refractivity contribution in [3.8, 4) is 0 Å². The predicted molar refractivity (Wildman–Crippen MR) is 73.0 cm³/mol. The van der Waals surface area contributed by atoms with E-state index in [9.17, 15) is 9.59 Å². The Morgan fingerprint density at radius 2 is 2.16 bits per heavy atom. The maximum atomic E-state index is 11.5. The Morgan fingerprint density at radius 3 is 2.79 bits per heavy atom. The molecule has 0 saturated carbocycles. The van der Waals surface area contributed by atoms with E-state index in [-0.39, 0.29) is 12.3 Å². The van der Waals surface area contributed by atoms with Crippen LogP contribution in [0.25, 0.3) is 6.08 Å². The van der Waals surface area contributed by atoms with Gasteiger partial charge in [-0.05, 0) is 36.3 Å². The topological polar surface area (TPSA) is 75.6 Å². The number of carbonyl (C=O) groups excluding carboxylic acids is 1. The number of hydrogen-bond acceptors (Lipinski definition) is 3. The fourth-order valence-electron chi connectivity index (χ4n) is 1.48. The average molecular weight is 263 g/mol. The van der Waals surface area contributed by atoms with Crippen molar-refractivity contribution in [3.05, 3.63) is 35.4 Å². The summed E-state index contributed by atoms with van der Waals surface area (Å²) in [5.74, 6) is -1.15. The lowest BCUT2D eigenvalue weighted by molar-refractivity contribution is -0.131. The summed E-state index contributed by atoms with van der Waals surface area (Å²) in [5.41, 5.74) is 2.33. The van der Waals surface area contributed by atoms with E-state index in [1.165, 1.54) is 13.2 Å². The highest BCUT2D eigenvalue weighted by molar-refractivity contribution is 5.91. The number of carboxylic acid groups (broad SMARTS) is 1. The van der Waals surface area contributed by atoms with Crippen LogP contribution in [0.15, 0.2) is 24.3 Å². The molecule has 0 radical (unpaired) electrons. The van der Waals surface area contributed by atoms with Crippen molar-refractivity contribution in [1.82, 2.24) is 0 Å². The molecule has 0 aliphatic rings. The molecular formula is C14H17NO4. The summed E-state index contributed by atoms with van der Waals surface area (Å²) in [6.45, 7) is 2.24. The van der Waals surface area contributed by atoms with Gasteiger partial charge >= 0.3 is 5.97 Å². The Labute approximate surface area is 111 Å². The van der Waals surface area contributed by atoms with Crippen molar-refractivity contribution < 1.29 is 19.4 Å². The summed E-state index contributed by atoms with van der Waals surface area (Å²) in [6, 6.07) is 5.34. The summed E-state index contributed by atoms with van der Waals surface area (Å²) in [6.07, 6.45) is 2.85. The third-order valence-corrected chi connectivity index (χ3v) is 2.50. The van der Waals surface area contributed by atoms with Gasteiger partial charge in [-0.1, -0.05) is 6.07 Å². The summed E-state index contributed by atoms with van der Waals surface area (Å²) in [4.78, 5) is 22.0. The van der Waals surface area contributed by atoms with Gasteiger partial charge in [0, 0.05) is 18.9 Å². The van der Waals surface area contributed by atoms with Crippen molar-refractivity contribution >= 4 is 23.6 Å². The molecule has 1 rings (SSSR count). The molecule has 0 saturated heterocycles. The molecule has 0 aliphatic carbocycles. The number of methoxy groups -OCH3 is 1. The number of ether oxygens (including phenoxy) is 1. The molecule has 0 unspecified atom stereocenters. The first-order valence-electron chi connectivity index (χ1n) is 5.83. The van der Waals surface area contributed by atoms with Crippen LogP contribution in [0.1, 0.15) is 17.5 Å². The van der Waals surface area contributed by atoms with Gasteiger partial charge in [0.25, 0.3) is 0 Å². The van der Waals surface area contributed by atoms with Gasteiger partial charge in [0.1, 0.15) is 0 Å². The van der Waals surface area contributed by atoms with Crippen LogP contribution in [0.4, 0.5) is 5.69 Å². The zero-order valence-electron chi connectivity index (χ0n) is 11.0. The first kappa shape index (κ1) is 14.9. The zero-order chi connectivity index (χ0) is 14.3. The third kappa shape index (κ3) is 5.35. The Balaban J connectivity index is 2.78. The normalized spacial score (nSPS) is 10.6. The molecular weight excluding hydrogens is 246 g/mol. The van der Waals surface area contributed by atoms with Crippen molar-refractivity contribution in [2.24, 2.45) is 0 Å². The maximum Gasteiger partial charge on any atom is 0.328 e. The first-order valence-corrected chi connectivity index (χ1v) is 5.83. The molecule has 102 valence electrons. The van der Waals surface area contributed by atoms with E-state index in [0.717, 1.165) is 17.2 Å². The number of hydrogen-bond donors (Lipinski definition) is 2. The molecule has 0 bridgehead atoms. The van der Waals surface area contributed by atoms with Gasteiger partial charge in [0.2, 0.25) is 5.91 Å². The summed E-state index contributed by atoms with van der Waals surface area (Å²) in [5, 5.41) is 11.3. The number of aliphatic carboxylic acids is 1. The molecule has 0 aromatic heterocycles. The van der Waals surface area contributed by atoms with Gasteiger partial charge in [0.05, 0.1) is 13.0 Å². The summed E-state index contributed by atoms with van der Waals surface area (Å²) in [7, 11) is 1.54. The van der Waals surface area contributed by atoms with Crippen molar-refractivity contribution in [2.45, 2.75) is 13.3 Å². The molecule has 5 heteroatoms. The standard InChI is InChI=1S/C14H17NO4/c1-10-3-5-12(15-13(16)7-8-19-2)9-11(10)4-6-14(17)18/h3-6,9H,7-8H2,1-2H3,(H,15,16)(H,17,18)/b6-4+. The number of carbonyl (C=O) groups is 2. The van der Waals surface area contributed by atoms with Gasteiger partial charge in [0.15, 0.2) is 0 Å². The average Bonchev–Trinajstić information content (AvgIpc) is 2.37. The Morgan fingerprint density at radius 1 is 1.42 bits per heavy atom. The second-order valence-electron chi connectivity index (χ2n) is 4.03. The van der Waals surface area contributed by atoms with Crippen LogP contribution in [-0.2, 0) is 14.3 Å². The number of amides is 1. The smallest absolute Gasteiger partial charge is 0.328 e. The van der Waals surface area contributed by atoms with Gasteiger partial charge in [-0.25, -0.2) is 4.79 Å². The van der Waals surface area contributed by atoms with Crippen molar-refractivity contribution in [2.75, 3.05) is 19.0 Å². The first-order chi connectivity index (χ1) is 9.02. The quantitative estimate of drug-likeness (QED) is 0.770. The van der Waals surface area contributed by atoms with Crippen LogP contribution >= 0.6 is 0 Å². The van der Waals surface area contributed by atoms with Crippen LogP contribution in [0.2, 0.25) is 0 Å². The van der Waals surface area contributed by atoms with Crippen LogP contribution in [0.3, 0.4) is 0 Å². The van der Waals surface area contributed by atoms with E-state index in [0.29, 0.717) is 12.3 Å². The van der Waals surface area contributed by atoms with E-state index in [1.54, 1.807) is 12.1 Å². The number of anilines is 1. The van der Waals surface area contributed by atoms with Crippen LogP contribution in [-0.4, -0.2) is 30.7 Å². The SMILES string of the molecule is COCCC(=O)Nc1ccc(C)c(/C=C/C(=O)O)c1. The second kappa shape index (κ2) is 7.33. The summed E-state index contributed by atoms with van der Waals surface area (Å²) >= 11 is 0. The molecule has 0 fully saturated rings. The van der Waals surface area contributed by atoms with Crippen LogP contribution in [0, 0.1) is 6.92 Å². The minimum atomic E-state index is -1.01. The highest BCUT2D eigenvalue weighted by Gasteiger charge is 2.03. The number of rotatable bonds is 6. The minimum Gasteiger partial charge on any atom is -0.478 e. The minimum absolute atomic E-state index is 0.140. The lowest BCUT2D eigenvalue weighted by Crippen LogP contribution is -2.13. The lowest BCUT2D eigenvalue weighted by atomic mass is 10.1. The van der Waals surface area contributed by atoms with E-state index in [1.807, 2.05) is 13.0 Å². The molecule has 1 aromatic carbocycles. The number of aryl methyl sites for hydroxylation is 1. The van der Waals surface area contributed by atoms with E-state index < -0.39 is 5.97 Å². The van der Waals surface area contributed by atoms with Crippen molar-refractivity contribution in [1.29, 1.82) is 0 Å². The van der Waals surface area contributed by atoms with Crippen molar-refractivity contribution in [3.63, 3.8) is 0 Å². The number of carboxylic acids is 1. The van der Waals surface area contributed by atoms with E-state index in [4.69, 9.17) is 9.84 Å². The molecule has 1 aromatic rings. The maximum absolute atomic E-state index is 11.5. The zero-order valence-corrected chi connectivity index (χ0v) is 11.0. The summed E-state index contributed by atoms with van der Waals surface area (Å²) < 4.78 is 4.82. The molecule has 5 nitrogen and oxygen atoms in total. The monoisotopic (exact) mass is 263 g/mol. The molecule has 0 atom stereocenters. The molecule has 1 amide bonds. The van der Waals surface area contributed by atoms with E-state index in [2.05, 4.69) is 5.32 Å². The Kier molecular flexibility index (Phi) is 5.75. The number of benzene rings is 1. The third-order valence-electron chi connectivity index (χ3n) is 2.50. The van der Waals surface area contributed by atoms with Gasteiger partial charge in [-0.2, -0.15) is 0 Å². The predicted octanol–water partition coefficient (Wildman–Crippen LogP) is 2.07. The lowest BCUT2D eigenvalue weighted by Gasteiger charge is -2.07. The van der Waals surface area contributed by atoms with Gasteiger partial charge in [-0.15, -0.1) is 0 Å². The Hall–Kier alpha value is -2.14. The Bertz CT molecular complexity index is 494. The largest absolute Gasteiger partial charge is 0.478 e. The van der Waals surface area contributed by atoms with E-state index >= 15 is 0 Å². The molecule has 0 heterocycles. The molecule has 0 spiro atoms. The van der Waals surface area contributed by atoms with Crippen LogP contribution in [0.5, 0.6) is 0 Å². The highest BCUT2D eigenvalue weighted by Crippen LogP contribution is 2.17. The van der Waals surface area contributed by atoms with Gasteiger partial charge < -0.3 is 15.2 Å². The van der Waals surface area contributed by atoms with Gasteiger partial charge in [-0.3, -0.25) is 4.79 Å². The fourth-order valence-corrected chi connectivity index (χ4v) is 1.48. The number of nitrogens with one attached hydrogen (secondary N) is 1. The highest BCUT2D eigenvalue weighted by atomic mass is 16.5. The molecule has 2 N–H and O–H groups in total. The fraction of sp³-hybridized carbons (Fsp3) is 0.286. The molecule has 19 heavy (non-hydrogen) atoms. The second-order valence-corrected chi connectivity index (χ2v) is 4.03. The van der Waals surface area contributed by atoms with Crippen LogP contribution < -0.4 is 5.32 Å². The molecule has 0 aliphatic heterocycles.